The van der Waals surface area contributed by atoms with Crippen LogP contribution in [0.3, 0.4) is 0 Å². The van der Waals surface area contributed by atoms with Crippen LogP contribution < -0.4 is 21.1 Å². The predicted molar refractivity (Wildman–Crippen MR) is 74.9 cm³/mol. The number of ether oxygens (including phenoxy) is 2. The Kier molecular flexibility index (Phi) is 5.53. The largest absolute Gasteiger partial charge is 0.496 e. The van der Waals surface area contributed by atoms with Gasteiger partial charge < -0.3 is 20.5 Å². The van der Waals surface area contributed by atoms with Gasteiger partial charge in [0.1, 0.15) is 11.3 Å². The number of carbonyl (C=O) groups is 3. The van der Waals surface area contributed by atoms with Gasteiger partial charge >= 0.3 is 12.0 Å². The van der Waals surface area contributed by atoms with Crippen molar-refractivity contribution in [2.45, 2.75) is 13.0 Å². The molecule has 0 aromatic heterocycles. The number of carbonyl (C=O) groups excluding carboxylic acids is 3. The molecule has 4 N–H and O–H groups in total. The van der Waals surface area contributed by atoms with Crippen LogP contribution in [-0.2, 0) is 9.53 Å². The Morgan fingerprint density at radius 3 is 2.52 bits per heavy atom. The van der Waals surface area contributed by atoms with E-state index in [0.717, 1.165) is 0 Å². The van der Waals surface area contributed by atoms with E-state index in [9.17, 15) is 14.4 Å². The van der Waals surface area contributed by atoms with Crippen molar-refractivity contribution in [3.05, 3.63) is 23.8 Å². The minimum atomic E-state index is -1.15. The molecule has 0 saturated carbocycles. The van der Waals surface area contributed by atoms with Gasteiger partial charge in [0.25, 0.3) is 5.91 Å². The van der Waals surface area contributed by atoms with Crippen molar-refractivity contribution in [3.63, 3.8) is 0 Å². The second kappa shape index (κ2) is 7.13. The fourth-order valence-corrected chi connectivity index (χ4v) is 1.44. The monoisotopic (exact) mass is 295 g/mol. The molecule has 1 atom stereocenters. The standard InChI is InChI=1S/C13H17N3O5/c1-7(11(17)16-13(19)15-2)21-12(18)9-6-8(14)4-5-10(9)20-3/h4-7H,14H2,1-3H3,(H2,15,16,17,19). The molecule has 0 radical (unpaired) electrons. The van der Waals surface area contributed by atoms with Crippen LogP contribution in [0.2, 0.25) is 0 Å². The molecule has 0 aliphatic carbocycles. The van der Waals surface area contributed by atoms with Crippen molar-refractivity contribution in [2.75, 3.05) is 19.9 Å². The Balaban J connectivity index is 2.79. The smallest absolute Gasteiger partial charge is 0.342 e. The molecule has 0 heterocycles. The SMILES string of the molecule is CNC(=O)NC(=O)C(C)OC(=O)c1cc(N)ccc1OC. The lowest BCUT2D eigenvalue weighted by Crippen LogP contribution is -2.43. The fraction of sp³-hybridized carbons (Fsp3) is 0.308. The van der Waals surface area contributed by atoms with Crippen molar-refractivity contribution < 1.29 is 23.9 Å². The summed E-state index contributed by atoms with van der Waals surface area (Å²) in [6.07, 6.45) is -1.15. The highest BCUT2D eigenvalue weighted by molar-refractivity contribution is 5.99. The van der Waals surface area contributed by atoms with Gasteiger partial charge in [0.15, 0.2) is 6.10 Å². The molecule has 1 aromatic carbocycles. The molecule has 0 saturated heterocycles. The lowest BCUT2D eigenvalue weighted by molar-refractivity contribution is -0.127. The quantitative estimate of drug-likeness (QED) is 0.542. The Morgan fingerprint density at radius 2 is 1.95 bits per heavy atom. The van der Waals surface area contributed by atoms with E-state index in [1.54, 1.807) is 6.07 Å². The Morgan fingerprint density at radius 1 is 1.29 bits per heavy atom. The minimum Gasteiger partial charge on any atom is -0.496 e. The van der Waals surface area contributed by atoms with Crippen LogP contribution in [0, 0.1) is 0 Å². The number of hydrogen-bond acceptors (Lipinski definition) is 6. The van der Waals surface area contributed by atoms with Crippen molar-refractivity contribution in [2.24, 2.45) is 0 Å². The van der Waals surface area contributed by atoms with Gasteiger partial charge in [0.05, 0.1) is 7.11 Å². The molecule has 0 bridgehead atoms. The number of amides is 3. The summed E-state index contributed by atoms with van der Waals surface area (Å²) in [5, 5.41) is 4.22. The average molecular weight is 295 g/mol. The number of rotatable bonds is 4. The number of esters is 1. The Hall–Kier alpha value is -2.77. The molecule has 21 heavy (non-hydrogen) atoms. The highest BCUT2D eigenvalue weighted by Gasteiger charge is 2.22. The summed E-state index contributed by atoms with van der Waals surface area (Å²) in [6, 6.07) is 3.77. The molecule has 3 amide bonds. The molecule has 0 aliphatic heterocycles. The van der Waals surface area contributed by atoms with E-state index in [2.05, 4.69) is 5.32 Å². The maximum absolute atomic E-state index is 12.0. The highest BCUT2D eigenvalue weighted by atomic mass is 16.5. The van der Waals surface area contributed by atoms with Gasteiger partial charge in [-0.3, -0.25) is 10.1 Å². The van der Waals surface area contributed by atoms with Crippen LogP contribution in [0.25, 0.3) is 0 Å². The second-order valence-corrected chi connectivity index (χ2v) is 4.08. The molecule has 8 heteroatoms. The summed E-state index contributed by atoms with van der Waals surface area (Å²) in [4.78, 5) is 34.6. The maximum atomic E-state index is 12.0. The van der Waals surface area contributed by atoms with Crippen LogP contribution in [0.4, 0.5) is 10.5 Å². The summed E-state index contributed by atoms with van der Waals surface area (Å²) in [7, 11) is 2.75. The van der Waals surface area contributed by atoms with Crippen LogP contribution in [0.15, 0.2) is 18.2 Å². The summed E-state index contributed by atoms with van der Waals surface area (Å²) in [6.45, 7) is 1.34. The number of nitrogens with one attached hydrogen (secondary N) is 2. The zero-order chi connectivity index (χ0) is 16.0. The zero-order valence-corrected chi connectivity index (χ0v) is 11.9. The van der Waals surface area contributed by atoms with Gasteiger partial charge in [-0.25, -0.2) is 9.59 Å². The van der Waals surface area contributed by atoms with Crippen LogP contribution >= 0.6 is 0 Å². The van der Waals surface area contributed by atoms with Crippen LogP contribution in [-0.4, -0.2) is 38.2 Å². The number of imide groups is 1. The van der Waals surface area contributed by atoms with Gasteiger partial charge in [0.2, 0.25) is 0 Å². The molecule has 0 aliphatic rings. The van der Waals surface area contributed by atoms with Crippen LogP contribution in [0.1, 0.15) is 17.3 Å². The number of urea groups is 1. The average Bonchev–Trinajstić information content (AvgIpc) is 2.46. The van der Waals surface area contributed by atoms with Crippen molar-refractivity contribution >= 4 is 23.6 Å². The summed E-state index contributed by atoms with van der Waals surface area (Å²) in [5.74, 6) is -1.25. The minimum absolute atomic E-state index is 0.0945. The van der Waals surface area contributed by atoms with E-state index in [4.69, 9.17) is 15.2 Å². The highest BCUT2D eigenvalue weighted by Crippen LogP contribution is 2.22. The number of benzene rings is 1. The zero-order valence-electron chi connectivity index (χ0n) is 11.9. The topological polar surface area (TPSA) is 120 Å². The van der Waals surface area contributed by atoms with Gasteiger partial charge in [-0.2, -0.15) is 0 Å². The van der Waals surface area contributed by atoms with Crippen molar-refractivity contribution in [1.82, 2.24) is 10.6 Å². The molecule has 0 spiro atoms. The predicted octanol–water partition coefficient (Wildman–Crippen LogP) is 0.278. The molecule has 1 unspecified atom stereocenters. The van der Waals surface area contributed by atoms with Crippen molar-refractivity contribution in [3.8, 4) is 5.75 Å². The Bertz CT molecular complexity index is 559. The number of anilines is 1. The fourth-order valence-electron chi connectivity index (χ4n) is 1.44. The lowest BCUT2D eigenvalue weighted by atomic mass is 10.2. The maximum Gasteiger partial charge on any atom is 0.342 e. The molecule has 1 aromatic rings. The first kappa shape index (κ1) is 16.3. The number of nitrogens with two attached hydrogens (primary N) is 1. The number of nitrogen functional groups attached to an aromatic ring is 1. The molecule has 114 valence electrons. The van der Waals surface area contributed by atoms with E-state index in [0.29, 0.717) is 5.69 Å². The second-order valence-electron chi connectivity index (χ2n) is 4.08. The third-order valence-corrected chi connectivity index (χ3v) is 2.56. The first-order valence-electron chi connectivity index (χ1n) is 6.06. The van der Waals surface area contributed by atoms with E-state index >= 15 is 0 Å². The van der Waals surface area contributed by atoms with Crippen LogP contribution in [0.5, 0.6) is 5.75 Å². The third-order valence-electron chi connectivity index (χ3n) is 2.56. The summed E-state index contributed by atoms with van der Waals surface area (Å²) >= 11 is 0. The van der Waals surface area contributed by atoms with Gasteiger partial charge in [0, 0.05) is 12.7 Å². The normalized spacial score (nSPS) is 11.2. The molecule has 1 rings (SSSR count). The van der Waals surface area contributed by atoms with E-state index in [-0.39, 0.29) is 11.3 Å². The number of methoxy groups -OCH3 is 1. The van der Waals surface area contributed by atoms with E-state index in [1.165, 1.54) is 33.2 Å². The van der Waals surface area contributed by atoms with Gasteiger partial charge in [-0.05, 0) is 25.1 Å². The lowest BCUT2D eigenvalue weighted by Gasteiger charge is -2.14. The van der Waals surface area contributed by atoms with Gasteiger partial charge in [-0.1, -0.05) is 0 Å². The third kappa shape index (κ3) is 4.37. The van der Waals surface area contributed by atoms with Gasteiger partial charge in [-0.15, -0.1) is 0 Å². The summed E-state index contributed by atoms with van der Waals surface area (Å²) in [5.41, 5.74) is 6.05. The summed E-state index contributed by atoms with van der Waals surface area (Å²) < 4.78 is 10.00. The van der Waals surface area contributed by atoms with Crippen molar-refractivity contribution in [1.29, 1.82) is 0 Å². The molecule has 8 nitrogen and oxygen atoms in total. The molecule has 0 fully saturated rings. The molecular weight excluding hydrogens is 278 g/mol. The first-order chi connectivity index (χ1) is 9.88. The first-order valence-corrected chi connectivity index (χ1v) is 6.06. The number of hydrogen-bond donors (Lipinski definition) is 3. The molecular formula is C13H17N3O5. The van der Waals surface area contributed by atoms with E-state index in [1.807, 2.05) is 5.32 Å². The van der Waals surface area contributed by atoms with E-state index < -0.39 is 24.0 Å². The Labute approximate surface area is 121 Å².